The first-order chi connectivity index (χ1) is 8.95. The van der Waals surface area contributed by atoms with Gasteiger partial charge >= 0.3 is 0 Å². The Bertz CT molecular complexity index is 530. The Morgan fingerprint density at radius 1 is 1.21 bits per heavy atom. The molecule has 1 aliphatic rings. The van der Waals surface area contributed by atoms with Gasteiger partial charge in [0.1, 0.15) is 0 Å². The summed E-state index contributed by atoms with van der Waals surface area (Å²) >= 11 is 0. The molecule has 0 bridgehead atoms. The standard InChI is InChI=1S/C13H21N3O2S/c1-12-5-3-6-13(14-12)11-15-7-4-8-16(10-9-15)19(2,17)18/h3,5-6H,4,7-11H2,1-2H3. The molecule has 0 radical (unpaired) electrons. The first-order valence-corrected chi connectivity index (χ1v) is 8.40. The SMILES string of the molecule is Cc1cccc(CN2CCCN(S(C)(=O)=O)CC2)n1. The highest BCUT2D eigenvalue weighted by atomic mass is 32.2. The Labute approximate surface area is 115 Å². The second kappa shape index (κ2) is 5.98. The van der Waals surface area contributed by atoms with Crippen molar-refractivity contribution >= 4 is 10.0 Å². The van der Waals surface area contributed by atoms with Crippen LogP contribution in [-0.2, 0) is 16.6 Å². The zero-order valence-electron chi connectivity index (χ0n) is 11.5. The predicted molar refractivity (Wildman–Crippen MR) is 75.3 cm³/mol. The topological polar surface area (TPSA) is 53.5 Å². The molecule has 19 heavy (non-hydrogen) atoms. The second-order valence-electron chi connectivity index (χ2n) is 5.06. The minimum absolute atomic E-state index is 0.574. The zero-order valence-corrected chi connectivity index (χ0v) is 12.4. The summed E-state index contributed by atoms with van der Waals surface area (Å²) in [7, 11) is -3.06. The Kier molecular flexibility index (Phi) is 4.54. The van der Waals surface area contributed by atoms with Crippen LogP contribution < -0.4 is 0 Å². The lowest BCUT2D eigenvalue weighted by Gasteiger charge is -2.20. The van der Waals surface area contributed by atoms with Crippen molar-refractivity contribution in [1.82, 2.24) is 14.2 Å². The van der Waals surface area contributed by atoms with Crippen molar-refractivity contribution in [3.05, 3.63) is 29.6 Å². The van der Waals surface area contributed by atoms with Crippen LogP contribution in [0.5, 0.6) is 0 Å². The Balaban J connectivity index is 1.96. The molecule has 2 heterocycles. The highest BCUT2D eigenvalue weighted by Crippen LogP contribution is 2.10. The van der Waals surface area contributed by atoms with Gasteiger partial charge in [0.25, 0.3) is 0 Å². The molecule has 1 aliphatic heterocycles. The Morgan fingerprint density at radius 3 is 2.68 bits per heavy atom. The van der Waals surface area contributed by atoms with Crippen molar-refractivity contribution in [2.45, 2.75) is 19.9 Å². The molecular weight excluding hydrogens is 262 g/mol. The summed E-state index contributed by atoms with van der Waals surface area (Å²) in [6.45, 7) is 5.65. The summed E-state index contributed by atoms with van der Waals surface area (Å²) in [5.74, 6) is 0. The van der Waals surface area contributed by atoms with Crippen LogP contribution in [0.1, 0.15) is 17.8 Å². The van der Waals surface area contributed by atoms with Crippen molar-refractivity contribution in [3.63, 3.8) is 0 Å². The number of aryl methyl sites for hydroxylation is 1. The second-order valence-corrected chi connectivity index (χ2v) is 7.04. The van der Waals surface area contributed by atoms with Gasteiger partial charge in [-0.2, -0.15) is 0 Å². The molecule has 1 aromatic heterocycles. The molecule has 0 unspecified atom stereocenters. The van der Waals surface area contributed by atoms with Crippen molar-refractivity contribution in [2.75, 3.05) is 32.4 Å². The molecular formula is C13H21N3O2S. The Morgan fingerprint density at radius 2 is 2.00 bits per heavy atom. The number of nitrogens with zero attached hydrogens (tertiary/aromatic N) is 3. The van der Waals surface area contributed by atoms with Crippen LogP contribution in [0.25, 0.3) is 0 Å². The molecule has 0 amide bonds. The van der Waals surface area contributed by atoms with E-state index in [4.69, 9.17) is 0 Å². The van der Waals surface area contributed by atoms with Crippen molar-refractivity contribution in [1.29, 1.82) is 0 Å². The fourth-order valence-electron chi connectivity index (χ4n) is 2.35. The third kappa shape index (κ3) is 4.26. The predicted octanol–water partition coefficient (Wildman–Crippen LogP) is 0.857. The number of hydrogen-bond donors (Lipinski definition) is 0. The van der Waals surface area contributed by atoms with Crippen LogP contribution in [-0.4, -0.2) is 55.0 Å². The first-order valence-electron chi connectivity index (χ1n) is 6.55. The molecule has 6 heteroatoms. The van der Waals surface area contributed by atoms with Gasteiger partial charge in [-0.15, -0.1) is 0 Å². The van der Waals surface area contributed by atoms with E-state index in [1.165, 1.54) is 6.26 Å². The van der Waals surface area contributed by atoms with Gasteiger partial charge in [0.15, 0.2) is 0 Å². The normalized spacial score (nSPS) is 19.3. The average Bonchev–Trinajstić information content (AvgIpc) is 2.54. The number of sulfonamides is 1. The largest absolute Gasteiger partial charge is 0.296 e. The van der Waals surface area contributed by atoms with E-state index in [-0.39, 0.29) is 0 Å². The number of pyridine rings is 1. The third-order valence-corrected chi connectivity index (χ3v) is 4.65. The summed E-state index contributed by atoms with van der Waals surface area (Å²) in [5, 5.41) is 0. The van der Waals surface area contributed by atoms with Gasteiger partial charge in [0.05, 0.1) is 11.9 Å². The minimum atomic E-state index is -3.06. The van der Waals surface area contributed by atoms with Crippen LogP contribution in [0.3, 0.4) is 0 Å². The summed E-state index contributed by atoms with van der Waals surface area (Å²) in [6, 6.07) is 6.02. The van der Waals surface area contributed by atoms with Crippen molar-refractivity contribution in [2.24, 2.45) is 0 Å². The summed E-state index contributed by atoms with van der Waals surface area (Å²) in [6.07, 6.45) is 2.16. The van der Waals surface area contributed by atoms with Gasteiger partial charge in [-0.1, -0.05) is 6.07 Å². The van der Waals surface area contributed by atoms with Crippen LogP contribution >= 0.6 is 0 Å². The average molecular weight is 283 g/mol. The zero-order chi connectivity index (χ0) is 13.9. The lowest BCUT2D eigenvalue weighted by atomic mass is 10.3. The van der Waals surface area contributed by atoms with E-state index in [9.17, 15) is 8.42 Å². The molecule has 1 fully saturated rings. The molecule has 5 nitrogen and oxygen atoms in total. The minimum Gasteiger partial charge on any atom is -0.296 e. The van der Waals surface area contributed by atoms with Gasteiger partial charge in [0.2, 0.25) is 10.0 Å². The first kappa shape index (κ1) is 14.4. The quantitative estimate of drug-likeness (QED) is 0.825. The van der Waals surface area contributed by atoms with Crippen LogP contribution in [0.15, 0.2) is 18.2 Å². The molecule has 2 rings (SSSR count). The van der Waals surface area contributed by atoms with E-state index >= 15 is 0 Å². The molecule has 0 spiro atoms. The molecule has 106 valence electrons. The molecule has 1 aromatic rings. The molecule has 0 saturated carbocycles. The highest BCUT2D eigenvalue weighted by Gasteiger charge is 2.21. The van der Waals surface area contributed by atoms with E-state index in [1.54, 1.807) is 4.31 Å². The number of aromatic nitrogens is 1. The lowest BCUT2D eigenvalue weighted by molar-refractivity contribution is 0.275. The fraction of sp³-hybridized carbons (Fsp3) is 0.615. The highest BCUT2D eigenvalue weighted by molar-refractivity contribution is 7.88. The van der Waals surface area contributed by atoms with E-state index in [0.717, 1.165) is 37.4 Å². The summed E-state index contributed by atoms with van der Waals surface area (Å²) in [4.78, 5) is 6.76. The number of hydrogen-bond acceptors (Lipinski definition) is 4. The van der Waals surface area contributed by atoms with Gasteiger partial charge in [-0.3, -0.25) is 9.88 Å². The van der Waals surface area contributed by atoms with Crippen molar-refractivity contribution in [3.8, 4) is 0 Å². The monoisotopic (exact) mass is 283 g/mol. The van der Waals surface area contributed by atoms with E-state index in [2.05, 4.69) is 9.88 Å². The summed E-state index contributed by atoms with van der Waals surface area (Å²) in [5.41, 5.74) is 2.07. The molecule has 0 aliphatic carbocycles. The summed E-state index contributed by atoms with van der Waals surface area (Å²) < 4.78 is 24.7. The van der Waals surface area contributed by atoms with Crippen molar-refractivity contribution < 1.29 is 8.42 Å². The maximum atomic E-state index is 11.5. The number of rotatable bonds is 3. The maximum Gasteiger partial charge on any atom is 0.211 e. The van der Waals surface area contributed by atoms with E-state index < -0.39 is 10.0 Å². The lowest BCUT2D eigenvalue weighted by Crippen LogP contribution is -2.34. The van der Waals surface area contributed by atoms with Gasteiger partial charge in [-0.05, 0) is 32.0 Å². The Hall–Kier alpha value is -0.980. The van der Waals surface area contributed by atoms with Crippen LogP contribution in [0.2, 0.25) is 0 Å². The third-order valence-electron chi connectivity index (χ3n) is 3.35. The maximum absolute atomic E-state index is 11.5. The van der Waals surface area contributed by atoms with E-state index in [0.29, 0.717) is 13.1 Å². The van der Waals surface area contributed by atoms with Crippen LogP contribution in [0.4, 0.5) is 0 Å². The fourth-order valence-corrected chi connectivity index (χ4v) is 3.23. The van der Waals surface area contributed by atoms with Gasteiger partial charge in [-0.25, -0.2) is 12.7 Å². The van der Waals surface area contributed by atoms with E-state index in [1.807, 2.05) is 25.1 Å². The van der Waals surface area contributed by atoms with Gasteiger partial charge in [0, 0.05) is 31.9 Å². The molecule has 0 N–H and O–H groups in total. The smallest absolute Gasteiger partial charge is 0.211 e. The van der Waals surface area contributed by atoms with Gasteiger partial charge < -0.3 is 0 Å². The molecule has 0 aromatic carbocycles. The molecule has 0 atom stereocenters. The van der Waals surface area contributed by atoms with Crippen LogP contribution in [0, 0.1) is 6.92 Å². The molecule has 1 saturated heterocycles.